The van der Waals surface area contributed by atoms with Crippen LogP contribution >= 0.6 is 0 Å². The van der Waals surface area contributed by atoms with E-state index in [0.29, 0.717) is 13.2 Å². The number of nitrogens with two attached hydrogens (primary N) is 1. The van der Waals surface area contributed by atoms with E-state index >= 15 is 0 Å². The van der Waals surface area contributed by atoms with Gasteiger partial charge in [-0.2, -0.15) is 0 Å². The van der Waals surface area contributed by atoms with E-state index < -0.39 is 11.2 Å². The predicted molar refractivity (Wildman–Crippen MR) is 81.7 cm³/mol. The topological polar surface area (TPSA) is 102 Å². The molecule has 0 saturated heterocycles. The minimum absolute atomic E-state index is 0.102. The van der Waals surface area contributed by atoms with Gasteiger partial charge in [0.1, 0.15) is 17.3 Å². The molecule has 0 radical (unpaired) electrons. The summed E-state index contributed by atoms with van der Waals surface area (Å²) < 4.78 is 6.60. The van der Waals surface area contributed by atoms with Crippen LogP contribution < -0.4 is 27.0 Å². The van der Waals surface area contributed by atoms with Crippen molar-refractivity contribution in [2.75, 3.05) is 17.7 Å². The minimum Gasteiger partial charge on any atom is -0.494 e. The third-order valence-corrected chi connectivity index (χ3v) is 3.05. The summed E-state index contributed by atoms with van der Waals surface area (Å²) in [5.74, 6) is 0.865. The van der Waals surface area contributed by atoms with E-state index in [9.17, 15) is 9.59 Å². The number of nitrogen functional groups attached to an aromatic ring is 1. The van der Waals surface area contributed by atoms with Crippen molar-refractivity contribution >= 4 is 11.5 Å². The van der Waals surface area contributed by atoms with Gasteiger partial charge in [-0.1, -0.05) is 12.1 Å². The number of rotatable bonds is 5. The lowest BCUT2D eigenvalue weighted by Gasteiger charge is -2.11. The quantitative estimate of drug-likeness (QED) is 0.751. The fourth-order valence-corrected chi connectivity index (χ4v) is 1.91. The summed E-state index contributed by atoms with van der Waals surface area (Å²) in [5.41, 5.74) is 5.83. The molecule has 0 atom stereocenters. The lowest BCUT2D eigenvalue weighted by molar-refractivity contribution is 0.340. The van der Waals surface area contributed by atoms with Crippen LogP contribution in [0, 0.1) is 0 Å². The first-order valence-electron chi connectivity index (χ1n) is 6.57. The Balaban J connectivity index is 2.21. The molecule has 1 heterocycles. The number of aromatic amines is 1. The Labute approximate surface area is 121 Å². The summed E-state index contributed by atoms with van der Waals surface area (Å²) in [6.45, 7) is 2.90. The van der Waals surface area contributed by atoms with Gasteiger partial charge in [-0.3, -0.25) is 14.3 Å². The van der Waals surface area contributed by atoms with Crippen LogP contribution in [0.3, 0.4) is 0 Å². The van der Waals surface area contributed by atoms with Crippen LogP contribution in [-0.4, -0.2) is 16.2 Å². The van der Waals surface area contributed by atoms with Gasteiger partial charge in [0, 0.05) is 13.6 Å². The van der Waals surface area contributed by atoms with Crippen LogP contribution in [0.4, 0.5) is 11.5 Å². The number of ether oxygens (including phenoxy) is 1. The number of nitrogens with zero attached hydrogens (tertiary/aromatic N) is 1. The summed E-state index contributed by atoms with van der Waals surface area (Å²) in [6, 6.07) is 7.52. The molecular weight excluding hydrogens is 272 g/mol. The second kappa shape index (κ2) is 6.17. The van der Waals surface area contributed by atoms with Gasteiger partial charge in [-0.15, -0.1) is 0 Å². The maximum Gasteiger partial charge on any atom is 0.329 e. The molecule has 0 aliphatic heterocycles. The Morgan fingerprint density at radius 3 is 2.86 bits per heavy atom. The largest absolute Gasteiger partial charge is 0.494 e. The van der Waals surface area contributed by atoms with E-state index in [0.717, 1.165) is 11.3 Å². The van der Waals surface area contributed by atoms with Gasteiger partial charge in [0.05, 0.1) is 6.61 Å². The van der Waals surface area contributed by atoms with Crippen LogP contribution in [0.15, 0.2) is 33.9 Å². The van der Waals surface area contributed by atoms with Crippen molar-refractivity contribution in [1.82, 2.24) is 9.55 Å². The lowest BCUT2D eigenvalue weighted by Crippen LogP contribution is -2.32. The number of hydrogen-bond acceptors (Lipinski definition) is 5. The van der Waals surface area contributed by atoms with Crippen molar-refractivity contribution in [3.63, 3.8) is 0 Å². The first-order valence-corrected chi connectivity index (χ1v) is 6.57. The highest BCUT2D eigenvalue weighted by atomic mass is 16.5. The van der Waals surface area contributed by atoms with Crippen LogP contribution in [0.2, 0.25) is 0 Å². The molecule has 7 nitrogen and oxygen atoms in total. The molecule has 1 aromatic carbocycles. The normalized spacial score (nSPS) is 10.4. The Bertz CT molecular complexity index is 749. The number of hydrogen-bond donors (Lipinski definition) is 3. The first-order chi connectivity index (χ1) is 10.0. The molecule has 0 spiro atoms. The van der Waals surface area contributed by atoms with E-state index in [2.05, 4.69) is 10.3 Å². The number of nitrogens with one attached hydrogen (secondary N) is 2. The molecule has 2 rings (SSSR count). The van der Waals surface area contributed by atoms with Crippen molar-refractivity contribution in [1.29, 1.82) is 0 Å². The summed E-state index contributed by atoms with van der Waals surface area (Å²) in [5, 5.41) is 2.95. The molecule has 1 aromatic heterocycles. The molecule has 0 unspecified atom stereocenters. The molecular formula is C14H18N4O3. The molecule has 112 valence electrons. The number of H-pyrrole nitrogens is 1. The molecule has 4 N–H and O–H groups in total. The smallest absolute Gasteiger partial charge is 0.329 e. The molecule has 0 amide bonds. The van der Waals surface area contributed by atoms with Crippen molar-refractivity contribution in [3.05, 3.63) is 50.7 Å². The second-order valence-electron chi connectivity index (χ2n) is 4.51. The Kier molecular flexibility index (Phi) is 4.32. The van der Waals surface area contributed by atoms with Crippen LogP contribution in [0.5, 0.6) is 5.75 Å². The Hall–Kier alpha value is -2.70. The number of aromatic nitrogens is 2. The standard InChI is InChI=1S/C14H18N4O3/c1-3-21-10-6-4-5-9(7-10)8-16-11-12(15)18(2)14(20)17-13(11)19/h4-7,16H,3,8,15H2,1-2H3,(H,17,19,20). The van der Waals surface area contributed by atoms with Gasteiger partial charge in [0.15, 0.2) is 0 Å². The van der Waals surface area contributed by atoms with E-state index in [1.807, 2.05) is 31.2 Å². The SMILES string of the molecule is CCOc1cccc(CNc2c(N)n(C)c(=O)[nH]c2=O)c1. The van der Waals surface area contributed by atoms with Gasteiger partial charge >= 0.3 is 5.69 Å². The average molecular weight is 290 g/mol. The Morgan fingerprint density at radius 2 is 2.14 bits per heavy atom. The van der Waals surface area contributed by atoms with Crippen LogP contribution in [0.1, 0.15) is 12.5 Å². The highest BCUT2D eigenvalue weighted by molar-refractivity contribution is 5.60. The highest BCUT2D eigenvalue weighted by Gasteiger charge is 2.09. The maximum atomic E-state index is 11.8. The lowest BCUT2D eigenvalue weighted by atomic mass is 10.2. The average Bonchev–Trinajstić information content (AvgIpc) is 2.45. The molecule has 2 aromatic rings. The third kappa shape index (κ3) is 3.25. The van der Waals surface area contributed by atoms with Crippen molar-refractivity contribution in [3.8, 4) is 5.75 Å². The molecule has 21 heavy (non-hydrogen) atoms. The Morgan fingerprint density at radius 1 is 1.38 bits per heavy atom. The summed E-state index contributed by atoms with van der Waals surface area (Å²) in [7, 11) is 1.49. The highest BCUT2D eigenvalue weighted by Crippen LogP contribution is 2.15. The number of anilines is 2. The van der Waals surface area contributed by atoms with Gasteiger partial charge in [0.25, 0.3) is 5.56 Å². The van der Waals surface area contributed by atoms with Crippen LogP contribution in [-0.2, 0) is 13.6 Å². The van der Waals surface area contributed by atoms with Gasteiger partial charge in [-0.25, -0.2) is 4.79 Å². The fourth-order valence-electron chi connectivity index (χ4n) is 1.91. The molecule has 7 heteroatoms. The maximum absolute atomic E-state index is 11.8. The summed E-state index contributed by atoms with van der Waals surface area (Å²) >= 11 is 0. The van der Waals surface area contributed by atoms with E-state index in [4.69, 9.17) is 10.5 Å². The zero-order valence-corrected chi connectivity index (χ0v) is 12.0. The van der Waals surface area contributed by atoms with E-state index in [-0.39, 0.29) is 11.5 Å². The molecule has 0 fully saturated rings. The van der Waals surface area contributed by atoms with Gasteiger partial charge < -0.3 is 15.8 Å². The van der Waals surface area contributed by atoms with Crippen molar-refractivity contribution < 1.29 is 4.74 Å². The third-order valence-electron chi connectivity index (χ3n) is 3.05. The number of benzene rings is 1. The van der Waals surface area contributed by atoms with E-state index in [1.54, 1.807) is 0 Å². The summed E-state index contributed by atoms with van der Waals surface area (Å²) in [6.07, 6.45) is 0. The van der Waals surface area contributed by atoms with Crippen LogP contribution in [0.25, 0.3) is 0 Å². The predicted octanol–water partition coefficient (Wildman–Crippen LogP) is 0.667. The van der Waals surface area contributed by atoms with Crippen molar-refractivity contribution in [2.24, 2.45) is 7.05 Å². The van der Waals surface area contributed by atoms with Gasteiger partial charge in [0.2, 0.25) is 0 Å². The minimum atomic E-state index is -0.540. The first kappa shape index (κ1) is 14.7. The second-order valence-corrected chi connectivity index (χ2v) is 4.51. The van der Waals surface area contributed by atoms with E-state index in [1.165, 1.54) is 11.6 Å². The van der Waals surface area contributed by atoms with Crippen molar-refractivity contribution in [2.45, 2.75) is 13.5 Å². The zero-order chi connectivity index (χ0) is 15.4. The molecule has 0 saturated carbocycles. The zero-order valence-electron chi connectivity index (χ0n) is 12.0. The molecule has 0 aliphatic rings. The van der Waals surface area contributed by atoms with Gasteiger partial charge in [-0.05, 0) is 24.6 Å². The molecule has 0 aliphatic carbocycles. The monoisotopic (exact) mass is 290 g/mol. The fraction of sp³-hybridized carbons (Fsp3) is 0.286. The molecule has 0 bridgehead atoms. The summed E-state index contributed by atoms with van der Waals surface area (Å²) in [4.78, 5) is 25.4.